The van der Waals surface area contributed by atoms with E-state index in [1.165, 1.54) is 0 Å². The van der Waals surface area contributed by atoms with Crippen molar-refractivity contribution in [2.24, 2.45) is 0 Å². The van der Waals surface area contributed by atoms with Crippen molar-refractivity contribution in [3.63, 3.8) is 0 Å². The minimum absolute atomic E-state index is 0.556. The van der Waals surface area contributed by atoms with Crippen LogP contribution in [0.2, 0.25) is 21.3 Å². The van der Waals surface area contributed by atoms with Crippen LogP contribution >= 0.6 is 20.0 Å². The molecule has 1 heterocycles. The minimum atomic E-state index is -0.556. The van der Waals surface area contributed by atoms with Gasteiger partial charge in [0.2, 0.25) is 0 Å². The molecule has 0 nitrogen and oxygen atoms in total. The van der Waals surface area contributed by atoms with Crippen LogP contribution in [0, 0.1) is 0 Å². The fourth-order valence-corrected chi connectivity index (χ4v) is 6.36. The average Bonchev–Trinajstić information content (AvgIpc) is 1.86. The van der Waals surface area contributed by atoms with Crippen molar-refractivity contribution in [1.29, 1.82) is 0 Å². The number of rotatable bonds is 0. The molecule has 5 heteroatoms. The number of hydrogen-bond acceptors (Lipinski definition) is 0. The molecule has 1 aliphatic heterocycles. The predicted octanol–water partition coefficient (Wildman–Crippen LogP) is 2.86. The van der Waals surface area contributed by atoms with Gasteiger partial charge in [-0.2, -0.15) is 0 Å². The molecule has 0 saturated carbocycles. The Bertz CT molecular complexity index is 51.6. The van der Waals surface area contributed by atoms with Crippen molar-refractivity contribution in [2.45, 2.75) is 34.1 Å². The fourth-order valence-electron chi connectivity index (χ4n) is 0.730. The predicted molar refractivity (Wildman–Crippen MR) is 57.4 cm³/mol. The first-order valence-electron chi connectivity index (χ1n) is 3.53. The average molecular weight is 386 g/mol. The molecule has 0 aliphatic carbocycles. The van der Waals surface area contributed by atoms with Crippen LogP contribution in [0.4, 0.5) is 0 Å². The van der Waals surface area contributed by atoms with E-state index in [2.05, 4.69) is 0 Å². The van der Waals surface area contributed by atoms with Crippen molar-refractivity contribution in [3.05, 3.63) is 0 Å². The zero-order chi connectivity index (χ0) is 8.36. The Morgan fingerprint density at radius 3 is 1.36 bits per heavy atom. The van der Waals surface area contributed by atoms with Gasteiger partial charge in [-0.1, -0.05) is 0 Å². The molecule has 0 spiro atoms. The van der Waals surface area contributed by atoms with Crippen LogP contribution in [-0.2, 0) is 0 Å². The molecule has 0 aromatic heterocycles. The summed E-state index contributed by atoms with van der Waals surface area (Å²) in [6, 6.07) is 0. The van der Waals surface area contributed by atoms with Crippen molar-refractivity contribution >= 4 is 63.5 Å². The van der Waals surface area contributed by atoms with Crippen LogP contribution in [0.15, 0.2) is 0 Å². The van der Waals surface area contributed by atoms with Crippen LogP contribution in [0.25, 0.3) is 0 Å². The van der Waals surface area contributed by atoms with Gasteiger partial charge in [-0.15, -0.1) is 0 Å². The van der Waals surface area contributed by atoms with Crippen molar-refractivity contribution in [2.75, 3.05) is 0 Å². The Morgan fingerprint density at radius 2 is 1.09 bits per heavy atom. The summed E-state index contributed by atoms with van der Waals surface area (Å²) in [5.74, 6) is 0. The molecular formula is C6H12Cl2GeSe2. The van der Waals surface area contributed by atoms with E-state index in [9.17, 15) is 0 Å². The van der Waals surface area contributed by atoms with Gasteiger partial charge >= 0.3 is 97.6 Å². The molecule has 0 unspecified atom stereocenters. The van der Waals surface area contributed by atoms with Gasteiger partial charge in [-0.25, -0.2) is 0 Å². The first kappa shape index (κ1) is 13.2. The van der Waals surface area contributed by atoms with Crippen molar-refractivity contribution in [3.8, 4) is 0 Å². The van der Waals surface area contributed by atoms with Crippen LogP contribution < -0.4 is 0 Å². The monoisotopic (exact) mass is 388 g/mol. The SMILES string of the molecule is C1C[Se]CCC[Se]C1.[Cl][Ge][Cl]. The van der Waals surface area contributed by atoms with E-state index >= 15 is 0 Å². The summed E-state index contributed by atoms with van der Waals surface area (Å²) in [4.78, 5) is 0. The third-order valence-electron chi connectivity index (χ3n) is 1.15. The van der Waals surface area contributed by atoms with Gasteiger partial charge in [0.25, 0.3) is 0 Å². The molecule has 2 radical (unpaired) electrons. The Kier molecular flexibility index (Phi) is 14.6. The van der Waals surface area contributed by atoms with Gasteiger partial charge in [-0.3, -0.25) is 0 Å². The molecule has 0 aromatic rings. The van der Waals surface area contributed by atoms with Gasteiger partial charge in [0, 0.05) is 0 Å². The molecule has 1 rings (SSSR count). The van der Waals surface area contributed by atoms with Gasteiger partial charge in [-0.05, 0) is 0 Å². The van der Waals surface area contributed by atoms with Crippen molar-refractivity contribution in [1.82, 2.24) is 0 Å². The first-order chi connectivity index (χ1) is 5.41. The van der Waals surface area contributed by atoms with E-state index in [1.54, 1.807) is 34.1 Å². The van der Waals surface area contributed by atoms with Gasteiger partial charge in [0.05, 0.1) is 0 Å². The Labute approximate surface area is 96.7 Å². The Hall–Kier alpha value is 2.16. The third kappa shape index (κ3) is 12.2. The Balaban J connectivity index is 0.000000292. The van der Waals surface area contributed by atoms with Crippen LogP contribution in [-0.4, -0.2) is 43.5 Å². The number of halogens is 2. The second-order valence-corrected chi connectivity index (χ2v) is 10.4. The molecule has 1 aliphatic rings. The first-order valence-corrected chi connectivity index (χ1v) is 13.9. The summed E-state index contributed by atoms with van der Waals surface area (Å²) >= 11 is 1.52. The van der Waals surface area contributed by atoms with E-state index in [-0.39, 0.29) is 0 Å². The molecule has 0 atom stereocenters. The second kappa shape index (κ2) is 12.2. The summed E-state index contributed by atoms with van der Waals surface area (Å²) in [7, 11) is 9.78. The molecule has 1 saturated heterocycles. The zero-order valence-corrected chi connectivity index (χ0v) is 13.4. The summed E-state index contributed by atoms with van der Waals surface area (Å²) in [5, 5.41) is 6.31. The normalized spacial score (nSPS) is 19.1. The standard InChI is InChI=1S/C6H12Se2.Cl2Ge/c1-3-7-5-2-6-8-4-1;1-3-2/h1-6H2;. The maximum absolute atomic E-state index is 4.89. The molecule has 0 bridgehead atoms. The van der Waals surface area contributed by atoms with E-state index in [0.717, 1.165) is 29.9 Å². The number of hydrogen-bond donors (Lipinski definition) is 0. The second-order valence-electron chi connectivity index (χ2n) is 2.00. The topological polar surface area (TPSA) is 0 Å². The molecule has 11 heavy (non-hydrogen) atoms. The molecule has 0 amide bonds. The molecule has 0 aromatic carbocycles. The van der Waals surface area contributed by atoms with Crippen LogP contribution in [0.3, 0.4) is 0 Å². The van der Waals surface area contributed by atoms with E-state index in [0.29, 0.717) is 0 Å². The van der Waals surface area contributed by atoms with Crippen LogP contribution in [0.5, 0.6) is 0 Å². The summed E-state index contributed by atoms with van der Waals surface area (Å²) in [5.41, 5.74) is 0. The molecule has 1 fully saturated rings. The quantitative estimate of drug-likeness (QED) is 0.563. The summed E-state index contributed by atoms with van der Waals surface area (Å²) in [6.07, 6.45) is 3.11. The fraction of sp³-hybridized carbons (Fsp3) is 1.00. The van der Waals surface area contributed by atoms with Crippen molar-refractivity contribution < 1.29 is 0 Å². The summed E-state index contributed by atoms with van der Waals surface area (Å²) < 4.78 is 0. The molecular weight excluding hydrogens is 374 g/mol. The zero-order valence-electron chi connectivity index (χ0n) is 6.32. The maximum atomic E-state index is 4.89. The summed E-state index contributed by atoms with van der Waals surface area (Å²) in [6.45, 7) is 0. The molecule has 0 N–H and O–H groups in total. The molecule has 66 valence electrons. The van der Waals surface area contributed by atoms with Gasteiger partial charge in [0.1, 0.15) is 0 Å². The van der Waals surface area contributed by atoms with E-state index in [4.69, 9.17) is 20.0 Å². The Morgan fingerprint density at radius 1 is 0.818 bits per heavy atom. The van der Waals surface area contributed by atoms with Gasteiger partial charge < -0.3 is 0 Å². The van der Waals surface area contributed by atoms with Gasteiger partial charge in [0.15, 0.2) is 0 Å². The van der Waals surface area contributed by atoms with Crippen LogP contribution in [0.1, 0.15) is 12.8 Å². The van der Waals surface area contributed by atoms with E-state index in [1.807, 2.05) is 0 Å². The van der Waals surface area contributed by atoms with E-state index < -0.39 is 13.6 Å². The third-order valence-corrected chi connectivity index (χ3v) is 6.00.